The standard InChI is InChI=1S/C26H26N4O3/c1-4-33-23-14-19(11-12-22(23)17-7-5-8-18(13-17)25(31)27-2)26(32)30(3)16-21-10-6-9-20-15-28-29-24(20)21/h5-15H,4,16H2,1-3H3,(H,27,31)(H,28,29). The largest absolute Gasteiger partial charge is 0.493 e. The molecule has 4 rings (SSSR count). The van der Waals surface area contributed by atoms with Crippen molar-refractivity contribution < 1.29 is 14.3 Å². The first-order valence-corrected chi connectivity index (χ1v) is 10.8. The molecule has 0 spiro atoms. The van der Waals surface area contributed by atoms with Crippen LogP contribution in [0.2, 0.25) is 0 Å². The second-order valence-electron chi connectivity index (χ2n) is 7.72. The van der Waals surface area contributed by atoms with E-state index >= 15 is 0 Å². The Morgan fingerprint density at radius 1 is 1.06 bits per heavy atom. The maximum atomic E-state index is 13.2. The molecule has 0 fully saturated rings. The van der Waals surface area contributed by atoms with E-state index in [1.54, 1.807) is 43.4 Å². The van der Waals surface area contributed by atoms with Gasteiger partial charge < -0.3 is 15.0 Å². The summed E-state index contributed by atoms with van der Waals surface area (Å²) < 4.78 is 5.87. The zero-order valence-electron chi connectivity index (χ0n) is 18.9. The Morgan fingerprint density at radius 2 is 1.88 bits per heavy atom. The molecule has 0 saturated heterocycles. The SMILES string of the molecule is CCOc1cc(C(=O)N(C)Cc2cccc3cn[nH]c23)ccc1-c1cccc(C(=O)NC)c1. The predicted molar refractivity (Wildman–Crippen MR) is 128 cm³/mol. The van der Waals surface area contributed by atoms with Crippen LogP contribution in [0.1, 0.15) is 33.2 Å². The van der Waals surface area contributed by atoms with E-state index in [4.69, 9.17) is 4.74 Å². The van der Waals surface area contributed by atoms with Gasteiger partial charge in [-0.15, -0.1) is 0 Å². The van der Waals surface area contributed by atoms with Crippen LogP contribution >= 0.6 is 0 Å². The van der Waals surface area contributed by atoms with E-state index in [1.165, 1.54) is 0 Å². The Kier molecular flexibility index (Phi) is 6.40. The van der Waals surface area contributed by atoms with E-state index in [1.807, 2.05) is 49.4 Å². The van der Waals surface area contributed by atoms with Crippen LogP contribution in [0.3, 0.4) is 0 Å². The molecule has 0 radical (unpaired) electrons. The summed E-state index contributed by atoms with van der Waals surface area (Å²) in [5.74, 6) is 0.329. The van der Waals surface area contributed by atoms with Gasteiger partial charge in [0.2, 0.25) is 0 Å². The van der Waals surface area contributed by atoms with Gasteiger partial charge in [-0.1, -0.05) is 30.3 Å². The van der Waals surface area contributed by atoms with Crippen molar-refractivity contribution in [3.63, 3.8) is 0 Å². The lowest BCUT2D eigenvalue weighted by atomic mass is 9.99. The van der Waals surface area contributed by atoms with E-state index in [0.717, 1.165) is 27.6 Å². The molecule has 0 atom stereocenters. The second kappa shape index (κ2) is 9.56. The molecule has 2 amide bonds. The molecule has 1 aromatic heterocycles. The topological polar surface area (TPSA) is 87.3 Å². The first kappa shape index (κ1) is 22.1. The van der Waals surface area contributed by atoms with Crippen molar-refractivity contribution in [1.82, 2.24) is 20.4 Å². The van der Waals surface area contributed by atoms with Crippen molar-refractivity contribution in [1.29, 1.82) is 0 Å². The number of carbonyl (C=O) groups excluding carboxylic acids is 2. The van der Waals surface area contributed by atoms with E-state index in [2.05, 4.69) is 15.5 Å². The van der Waals surface area contributed by atoms with Gasteiger partial charge in [0, 0.05) is 42.7 Å². The van der Waals surface area contributed by atoms with Crippen LogP contribution in [0.5, 0.6) is 5.75 Å². The first-order chi connectivity index (χ1) is 16.0. The molecule has 0 bridgehead atoms. The van der Waals surface area contributed by atoms with Gasteiger partial charge in [-0.2, -0.15) is 5.10 Å². The number of nitrogens with one attached hydrogen (secondary N) is 2. The lowest BCUT2D eigenvalue weighted by Gasteiger charge is -2.19. The van der Waals surface area contributed by atoms with Crippen LogP contribution in [0.15, 0.2) is 66.9 Å². The molecule has 7 heteroatoms. The summed E-state index contributed by atoms with van der Waals surface area (Å²) in [4.78, 5) is 26.9. The van der Waals surface area contributed by atoms with E-state index in [9.17, 15) is 9.59 Å². The minimum atomic E-state index is -0.157. The number of rotatable bonds is 7. The third-order valence-electron chi connectivity index (χ3n) is 5.51. The number of para-hydroxylation sites is 1. The van der Waals surface area contributed by atoms with Crippen molar-refractivity contribution in [3.05, 3.63) is 83.6 Å². The van der Waals surface area contributed by atoms with Crippen LogP contribution in [-0.4, -0.2) is 47.6 Å². The van der Waals surface area contributed by atoms with Crippen LogP contribution in [-0.2, 0) is 6.54 Å². The summed E-state index contributed by atoms with van der Waals surface area (Å²) in [5.41, 5.74) is 4.68. The molecular formula is C26H26N4O3. The molecule has 3 aromatic carbocycles. The zero-order valence-corrected chi connectivity index (χ0v) is 18.9. The Balaban J connectivity index is 1.62. The number of nitrogens with zero attached hydrogens (tertiary/aromatic N) is 2. The van der Waals surface area contributed by atoms with Crippen LogP contribution in [0, 0.1) is 0 Å². The molecule has 1 heterocycles. The summed E-state index contributed by atoms with van der Waals surface area (Å²) in [6.07, 6.45) is 1.77. The Labute approximate surface area is 192 Å². The molecular weight excluding hydrogens is 416 g/mol. The van der Waals surface area contributed by atoms with Crippen molar-refractivity contribution in [2.45, 2.75) is 13.5 Å². The van der Waals surface area contributed by atoms with Gasteiger partial charge >= 0.3 is 0 Å². The Hall–Kier alpha value is -4.13. The first-order valence-electron chi connectivity index (χ1n) is 10.8. The fourth-order valence-electron chi connectivity index (χ4n) is 3.85. The summed E-state index contributed by atoms with van der Waals surface area (Å²) in [6.45, 7) is 2.80. The molecule has 0 aliphatic carbocycles. The van der Waals surface area contributed by atoms with Gasteiger partial charge in [-0.25, -0.2) is 0 Å². The number of hydrogen-bond donors (Lipinski definition) is 2. The average Bonchev–Trinajstić information content (AvgIpc) is 3.33. The maximum absolute atomic E-state index is 13.2. The van der Waals surface area contributed by atoms with Gasteiger partial charge in [-0.3, -0.25) is 14.7 Å². The third kappa shape index (κ3) is 4.57. The lowest BCUT2D eigenvalue weighted by molar-refractivity contribution is 0.0785. The summed E-state index contributed by atoms with van der Waals surface area (Å²) >= 11 is 0. The van der Waals surface area contributed by atoms with Gasteiger partial charge in [0.15, 0.2) is 0 Å². The molecule has 2 N–H and O–H groups in total. The fraction of sp³-hybridized carbons (Fsp3) is 0.192. The van der Waals surface area contributed by atoms with Crippen LogP contribution < -0.4 is 10.1 Å². The number of hydrogen-bond acceptors (Lipinski definition) is 4. The molecule has 7 nitrogen and oxygen atoms in total. The van der Waals surface area contributed by atoms with Crippen molar-refractivity contribution in [2.24, 2.45) is 0 Å². The van der Waals surface area contributed by atoms with Crippen molar-refractivity contribution >= 4 is 22.7 Å². The van der Waals surface area contributed by atoms with Crippen molar-refractivity contribution in [3.8, 4) is 16.9 Å². The Bertz CT molecular complexity index is 1310. The number of fused-ring (bicyclic) bond motifs is 1. The van der Waals surface area contributed by atoms with E-state index in [-0.39, 0.29) is 11.8 Å². The smallest absolute Gasteiger partial charge is 0.254 e. The highest BCUT2D eigenvalue weighted by Crippen LogP contribution is 2.32. The highest BCUT2D eigenvalue weighted by molar-refractivity contribution is 5.97. The number of aromatic amines is 1. The minimum absolute atomic E-state index is 0.113. The molecule has 0 aliphatic heterocycles. The van der Waals surface area contributed by atoms with Gasteiger partial charge in [0.1, 0.15) is 5.75 Å². The summed E-state index contributed by atoms with van der Waals surface area (Å²) in [6, 6.07) is 18.7. The number of carbonyl (C=O) groups is 2. The molecule has 0 saturated carbocycles. The van der Waals surface area contributed by atoms with E-state index in [0.29, 0.717) is 30.0 Å². The van der Waals surface area contributed by atoms with Crippen LogP contribution in [0.25, 0.3) is 22.0 Å². The highest BCUT2D eigenvalue weighted by Gasteiger charge is 2.17. The monoisotopic (exact) mass is 442 g/mol. The zero-order chi connectivity index (χ0) is 23.4. The molecule has 0 unspecified atom stereocenters. The number of benzene rings is 3. The second-order valence-corrected chi connectivity index (χ2v) is 7.72. The summed E-state index contributed by atoms with van der Waals surface area (Å²) in [7, 11) is 3.38. The average molecular weight is 443 g/mol. The highest BCUT2D eigenvalue weighted by atomic mass is 16.5. The minimum Gasteiger partial charge on any atom is -0.493 e. The number of ether oxygens (including phenoxy) is 1. The fourth-order valence-corrected chi connectivity index (χ4v) is 3.85. The molecule has 168 valence electrons. The van der Waals surface area contributed by atoms with Gasteiger partial charge in [0.25, 0.3) is 11.8 Å². The van der Waals surface area contributed by atoms with Crippen LogP contribution in [0.4, 0.5) is 0 Å². The number of aromatic nitrogens is 2. The van der Waals surface area contributed by atoms with Crippen molar-refractivity contribution in [2.75, 3.05) is 20.7 Å². The summed E-state index contributed by atoms with van der Waals surface area (Å²) in [5, 5.41) is 10.7. The molecule has 4 aromatic rings. The Morgan fingerprint density at radius 3 is 2.67 bits per heavy atom. The van der Waals surface area contributed by atoms with Gasteiger partial charge in [-0.05, 0) is 48.4 Å². The molecule has 0 aliphatic rings. The quantitative estimate of drug-likeness (QED) is 0.448. The normalized spacial score (nSPS) is 10.8. The predicted octanol–water partition coefficient (Wildman–Crippen LogP) is 4.26. The third-order valence-corrected chi connectivity index (χ3v) is 5.51. The maximum Gasteiger partial charge on any atom is 0.254 e. The number of amides is 2. The number of H-pyrrole nitrogens is 1. The van der Waals surface area contributed by atoms with E-state index < -0.39 is 0 Å². The van der Waals surface area contributed by atoms with Gasteiger partial charge in [0.05, 0.1) is 18.3 Å². The molecule has 33 heavy (non-hydrogen) atoms. The lowest BCUT2D eigenvalue weighted by Crippen LogP contribution is -2.26.